The Morgan fingerprint density at radius 1 is 1.23 bits per heavy atom. The minimum atomic E-state index is -0.610. The molecule has 4 nitrogen and oxygen atoms in total. The van der Waals surface area contributed by atoms with Crippen LogP contribution in [0.5, 0.6) is 5.75 Å². The average Bonchev–Trinajstić information content (AvgIpc) is 2.51. The van der Waals surface area contributed by atoms with Crippen LogP contribution in [0.15, 0.2) is 24.3 Å². The molecule has 1 fully saturated rings. The third-order valence-corrected chi connectivity index (χ3v) is 3.84. The van der Waals surface area contributed by atoms with Crippen LogP contribution in [-0.4, -0.2) is 43.7 Å². The second-order valence-electron chi connectivity index (χ2n) is 6.89. The summed E-state index contributed by atoms with van der Waals surface area (Å²) in [6, 6.07) is 8.03. The highest BCUT2D eigenvalue weighted by Crippen LogP contribution is 2.25. The summed E-state index contributed by atoms with van der Waals surface area (Å²) in [5.41, 5.74) is 1.31. The van der Waals surface area contributed by atoms with E-state index in [1.54, 1.807) is 0 Å². The molecule has 1 unspecified atom stereocenters. The molecule has 0 saturated carbocycles. The zero-order valence-corrected chi connectivity index (χ0v) is 13.9. The minimum Gasteiger partial charge on any atom is -0.491 e. The van der Waals surface area contributed by atoms with Crippen molar-refractivity contribution in [3.05, 3.63) is 29.8 Å². The predicted octanol–water partition coefficient (Wildman–Crippen LogP) is 2.92. The molecule has 22 heavy (non-hydrogen) atoms. The molecule has 1 aromatic rings. The third kappa shape index (κ3) is 5.59. The highest BCUT2D eigenvalue weighted by molar-refractivity contribution is 5.32. The van der Waals surface area contributed by atoms with Crippen LogP contribution in [0.2, 0.25) is 0 Å². The summed E-state index contributed by atoms with van der Waals surface area (Å²) in [7, 11) is 0. The first kappa shape index (κ1) is 17.3. The van der Waals surface area contributed by atoms with E-state index in [9.17, 15) is 5.11 Å². The molecule has 2 rings (SSSR count). The van der Waals surface area contributed by atoms with E-state index in [4.69, 9.17) is 14.2 Å². The van der Waals surface area contributed by atoms with Crippen molar-refractivity contribution in [3.8, 4) is 5.75 Å². The second-order valence-corrected chi connectivity index (χ2v) is 6.89. The lowest BCUT2D eigenvalue weighted by atomic mass is 9.87. The number of benzene rings is 1. The lowest BCUT2D eigenvalue weighted by molar-refractivity contribution is -0.0659. The smallest absolute Gasteiger partial charge is 0.119 e. The average molecular weight is 308 g/mol. The van der Waals surface area contributed by atoms with Crippen molar-refractivity contribution in [1.29, 1.82) is 0 Å². The van der Waals surface area contributed by atoms with Gasteiger partial charge in [-0.25, -0.2) is 0 Å². The number of aliphatic hydroxyl groups is 1. The molecule has 1 aliphatic rings. The van der Waals surface area contributed by atoms with Gasteiger partial charge in [0.2, 0.25) is 0 Å². The molecule has 124 valence electrons. The number of ether oxygens (including phenoxy) is 3. The number of aliphatic hydroxyl groups excluding tert-OH is 1. The molecule has 4 heteroatoms. The number of hydrogen-bond acceptors (Lipinski definition) is 4. The van der Waals surface area contributed by atoms with Crippen molar-refractivity contribution in [2.75, 3.05) is 26.4 Å². The maximum atomic E-state index is 9.99. The molecule has 1 aliphatic heterocycles. The quantitative estimate of drug-likeness (QED) is 0.878. The fourth-order valence-corrected chi connectivity index (χ4v) is 2.38. The third-order valence-electron chi connectivity index (χ3n) is 3.84. The summed E-state index contributed by atoms with van der Waals surface area (Å²) in [6.07, 6.45) is 1.40. The summed E-state index contributed by atoms with van der Waals surface area (Å²) in [5, 5.41) is 9.99. The Morgan fingerprint density at radius 3 is 2.64 bits per heavy atom. The number of hydrogen-bond donors (Lipinski definition) is 1. The molecule has 1 saturated heterocycles. The van der Waals surface area contributed by atoms with Crippen molar-refractivity contribution < 1.29 is 19.3 Å². The summed E-state index contributed by atoms with van der Waals surface area (Å²) in [6.45, 7) is 8.56. The van der Waals surface area contributed by atoms with Gasteiger partial charge in [-0.15, -0.1) is 0 Å². The Hall–Kier alpha value is -1.10. The van der Waals surface area contributed by atoms with Gasteiger partial charge in [-0.1, -0.05) is 32.9 Å². The van der Waals surface area contributed by atoms with Crippen LogP contribution in [-0.2, 0) is 14.9 Å². The Bertz CT molecular complexity index is 447. The van der Waals surface area contributed by atoms with Crippen LogP contribution in [0.4, 0.5) is 0 Å². The van der Waals surface area contributed by atoms with Crippen molar-refractivity contribution in [3.63, 3.8) is 0 Å². The lowest BCUT2D eigenvalue weighted by Crippen LogP contribution is -2.30. The monoisotopic (exact) mass is 308 g/mol. The molecular weight excluding hydrogens is 280 g/mol. The summed E-state index contributed by atoms with van der Waals surface area (Å²) < 4.78 is 16.7. The van der Waals surface area contributed by atoms with E-state index in [0.717, 1.165) is 31.8 Å². The van der Waals surface area contributed by atoms with Gasteiger partial charge < -0.3 is 19.3 Å². The van der Waals surface area contributed by atoms with Gasteiger partial charge in [-0.3, -0.25) is 0 Å². The zero-order chi connectivity index (χ0) is 16.0. The molecule has 0 radical (unpaired) electrons. The molecule has 1 heterocycles. The minimum absolute atomic E-state index is 0.0875. The van der Waals surface area contributed by atoms with E-state index in [0.29, 0.717) is 6.61 Å². The van der Waals surface area contributed by atoms with E-state index in [2.05, 4.69) is 26.8 Å². The molecule has 1 atom stereocenters. The molecular formula is C18H28O4. The first-order chi connectivity index (χ1) is 10.4. The van der Waals surface area contributed by atoms with Gasteiger partial charge in [0.25, 0.3) is 0 Å². The summed E-state index contributed by atoms with van der Waals surface area (Å²) in [5.74, 6) is 0.789. The summed E-state index contributed by atoms with van der Waals surface area (Å²) >= 11 is 0. The highest BCUT2D eigenvalue weighted by Gasteiger charge is 2.17. The van der Waals surface area contributed by atoms with Crippen LogP contribution in [0.25, 0.3) is 0 Å². The van der Waals surface area contributed by atoms with Crippen LogP contribution in [0, 0.1) is 0 Å². The molecule has 0 aromatic heterocycles. The van der Waals surface area contributed by atoms with Gasteiger partial charge in [0.15, 0.2) is 0 Å². The Morgan fingerprint density at radius 2 is 1.95 bits per heavy atom. The van der Waals surface area contributed by atoms with E-state index in [1.807, 2.05) is 18.2 Å². The lowest BCUT2D eigenvalue weighted by Gasteiger charge is -2.24. The number of rotatable bonds is 6. The first-order valence-corrected chi connectivity index (χ1v) is 8.06. The molecule has 0 aliphatic carbocycles. The van der Waals surface area contributed by atoms with Gasteiger partial charge in [-0.2, -0.15) is 0 Å². The van der Waals surface area contributed by atoms with Crippen molar-refractivity contribution in [2.45, 2.75) is 51.2 Å². The van der Waals surface area contributed by atoms with Crippen LogP contribution < -0.4 is 4.74 Å². The summed E-state index contributed by atoms with van der Waals surface area (Å²) in [4.78, 5) is 0. The highest BCUT2D eigenvalue weighted by atomic mass is 16.5. The van der Waals surface area contributed by atoms with Crippen molar-refractivity contribution in [2.24, 2.45) is 0 Å². The Kier molecular flexibility index (Phi) is 6.24. The fourth-order valence-electron chi connectivity index (χ4n) is 2.38. The van der Waals surface area contributed by atoms with E-state index in [-0.39, 0.29) is 18.1 Å². The molecule has 0 bridgehead atoms. The normalized spacial score (nSPS) is 18.2. The predicted molar refractivity (Wildman–Crippen MR) is 86.4 cm³/mol. The SMILES string of the molecule is CC(C)(C)c1cccc(OCC(O)COC2CCOCC2)c1. The largest absolute Gasteiger partial charge is 0.491 e. The van der Waals surface area contributed by atoms with Gasteiger partial charge in [0.05, 0.1) is 12.7 Å². The van der Waals surface area contributed by atoms with Crippen molar-refractivity contribution >= 4 is 0 Å². The topological polar surface area (TPSA) is 47.9 Å². The van der Waals surface area contributed by atoms with E-state index >= 15 is 0 Å². The Labute approximate surface area is 133 Å². The second kappa shape index (κ2) is 7.95. The molecule has 1 aromatic carbocycles. The standard InChI is InChI=1S/C18H28O4/c1-18(2,3)14-5-4-6-17(11-14)22-13-15(19)12-21-16-7-9-20-10-8-16/h4-6,11,15-16,19H,7-10,12-13H2,1-3H3. The maximum absolute atomic E-state index is 9.99. The van der Waals surface area contributed by atoms with Crippen molar-refractivity contribution in [1.82, 2.24) is 0 Å². The zero-order valence-electron chi connectivity index (χ0n) is 13.9. The molecule has 1 N–H and O–H groups in total. The molecule has 0 amide bonds. The van der Waals surface area contributed by atoms with E-state index < -0.39 is 6.10 Å². The van der Waals surface area contributed by atoms with Crippen LogP contribution in [0.3, 0.4) is 0 Å². The van der Waals surface area contributed by atoms with Crippen LogP contribution >= 0.6 is 0 Å². The van der Waals surface area contributed by atoms with Gasteiger partial charge in [0, 0.05) is 13.2 Å². The Balaban J connectivity index is 1.74. The first-order valence-electron chi connectivity index (χ1n) is 8.06. The van der Waals surface area contributed by atoms with Crippen LogP contribution in [0.1, 0.15) is 39.2 Å². The van der Waals surface area contributed by atoms with Gasteiger partial charge in [-0.05, 0) is 36.0 Å². The fraction of sp³-hybridized carbons (Fsp3) is 0.667. The van der Waals surface area contributed by atoms with Gasteiger partial charge in [0.1, 0.15) is 18.5 Å². The maximum Gasteiger partial charge on any atom is 0.119 e. The van der Waals surface area contributed by atoms with E-state index in [1.165, 1.54) is 5.56 Å². The van der Waals surface area contributed by atoms with Gasteiger partial charge >= 0.3 is 0 Å². The molecule has 0 spiro atoms.